The molecule has 25 heavy (non-hydrogen) atoms. The van der Waals surface area contributed by atoms with Crippen molar-refractivity contribution in [1.29, 1.82) is 0 Å². The third-order valence-corrected chi connectivity index (χ3v) is 5.42. The molecule has 0 bridgehead atoms. The highest BCUT2D eigenvalue weighted by Gasteiger charge is 2.27. The minimum Gasteiger partial charge on any atom is -0.485 e. The molecule has 130 valence electrons. The van der Waals surface area contributed by atoms with Gasteiger partial charge in [-0.3, -0.25) is 0 Å². The Morgan fingerprint density at radius 1 is 1.24 bits per heavy atom. The molecule has 1 atom stereocenters. The fourth-order valence-corrected chi connectivity index (χ4v) is 4.10. The second-order valence-electron chi connectivity index (χ2n) is 5.54. The average molecular weight is 375 g/mol. The van der Waals surface area contributed by atoms with Crippen LogP contribution in [0.5, 0.6) is 11.5 Å². The van der Waals surface area contributed by atoms with Crippen molar-refractivity contribution in [2.24, 2.45) is 0 Å². The summed E-state index contributed by atoms with van der Waals surface area (Å²) in [6, 6.07) is 7.56. The van der Waals surface area contributed by atoms with Gasteiger partial charge in [0.05, 0.1) is 10.7 Å². The number of hydrogen-bond donors (Lipinski definition) is 0. The van der Waals surface area contributed by atoms with Gasteiger partial charge in [-0.1, -0.05) is 30.8 Å². The number of nitrogens with zero attached hydrogens (tertiary/aromatic N) is 3. The largest absolute Gasteiger partial charge is 0.485 e. The highest BCUT2D eigenvalue weighted by Crippen LogP contribution is 2.36. The zero-order valence-electron chi connectivity index (χ0n) is 13.7. The molecule has 0 radical (unpaired) electrons. The highest BCUT2D eigenvalue weighted by atomic mass is 32.2. The molecule has 1 aliphatic rings. The molecule has 8 heteroatoms. The number of aromatic nitrogens is 3. The highest BCUT2D eigenvalue weighted by molar-refractivity contribution is 7.98. The van der Waals surface area contributed by atoms with Crippen molar-refractivity contribution < 1.29 is 13.9 Å². The van der Waals surface area contributed by atoms with E-state index in [1.165, 1.54) is 16.8 Å². The Hall–Kier alpha value is -2.06. The quantitative estimate of drug-likeness (QED) is 0.595. The summed E-state index contributed by atoms with van der Waals surface area (Å²) in [5.41, 5.74) is 1.05. The second kappa shape index (κ2) is 7.45. The van der Waals surface area contributed by atoms with Crippen LogP contribution in [0.15, 0.2) is 39.3 Å². The molecule has 4 rings (SSSR count). The zero-order valence-corrected chi connectivity index (χ0v) is 15.3. The van der Waals surface area contributed by atoms with Crippen LogP contribution in [0.25, 0.3) is 0 Å². The molecule has 0 saturated heterocycles. The summed E-state index contributed by atoms with van der Waals surface area (Å²) in [6.07, 6.45) is 1.76. The van der Waals surface area contributed by atoms with Crippen molar-refractivity contribution >= 4 is 23.1 Å². The lowest BCUT2D eigenvalue weighted by atomic mass is 10.2. The lowest BCUT2D eigenvalue weighted by molar-refractivity contribution is 0.0686. The fraction of sp³-hybridized carbons (Fsp3) is 0.353. The predicted octanol–water partition coefficient (Wildman–Crippen LogP) is 4.28. The van der Waals surface area contributed by atoms with E-state index >= 15 is 0 Å². The first-order valence-electron chi connectivity index (χ1n) is 8.10. The van der Waals surface area contributed by atoms with Crippen LogP contribution < -0.4 is 9.47 Å². The third kappa shape index (κ3) is 3.80. The summed E-state index contributed by atoms with van der Waals surface area (Å²) in [7, 11) is 0. The number of thiazole rings is 1. The molecule has 1 aliphatic heterocycles. The third-order valence-electron chi connectivity index (χ3n) is 3.61. The van der Waals surface area contributed by atoms with Crippen molar-refractivity contribution in [3.8, 4) is 11.5 Å². The first-order valence-corrected chi connectivity index (χ1v) is 9.96. The molecule has 1 aromatic carbocycles. The van der Waals surface area contributed by atoms with E-state index in [0.29, 0.717) is 29.2 Å². The predicted molar refractivity (Wildman–Crippen MR) is 95.3 cm³/mol. The van der Waals surface area contributed by atoms with Crippen LogP contribution in [0.2, 0.25) is 0 Å². The first-order chi connectivity index (χ1) is 12.3. The molecule has 0 saturated carbocycles. The molecule has 0 fully saturated rings. The molecular formula is C17H17N3O3S2. The number of fused-ring (bicyclic) bond motifs is 1. The molecule has 3 heterocycles. The van der Waals surface area contributed by atoms with Gasteiger partial charge in [-0.05, 0) is 25.0 Å². The number of para-hydroxylation sites is 2. The van der Waals surface area contributed by atoms with Gasteiger partial charge in [0, 0.05) is 11.1 Å². The summed E-state index contributed by atoms with van der Waals surface area (Å²) in [5, 5.41) is 12.0. The van der Waals surface area contributed by atoms with E-state index in [2.05, 4.69) is 27.5 Å². The van der Waals surface area contributed by atoms with Gasteiger partial charge in [-0.25, -0.2) is 4.98 Å². The summed E-state index contributed by atoms with van der Waals surface area (Å²) >= 11 is 3.19. The Kier molecular flexibility index (Phi) is 4.89. The van der Waals surface area contributed by atoms with E-state index in [1.54, 1.807) is 11.3 Å². The average Bonchev–Trinajstić information content (AvgIpc) is 3.29. The van der Waals surface area contributed by atoms with E-state index < -0.39 is 0 Å². The minimum absolute atomic E-state index is 0.357. The number of aryl methyl sites for hydroxylation is 1. The summed E-state index contributed by atoms with van der Waals surface area (Å²) < 4.78 is 17.3. The molecular weight excluding hydrogens is 358 g/mol. The molecule has 3 aromatic rings. The number of rotatable bonds is 6. The fourth-order valence-electron chi connectivity index (χ4n) is 2.43. The van der Waals surface area contributed by atoms with Crippen LogP contribution in [0.1, 0.15) is 36.0 Å². The summed E-state index contributed by atoms with van der Waals surface area (Å²) in [4.78, 5) is 4.60. The van der Waals surface area contributed by atoms with Crippen molar-refractivity contribution in [2.75, 3.05) is 6.61 Å². The van der Waals surface area contributed by atoms with Gasteiger partial charge in [-0.15, -0.1) is 21.5 Å². The maximum Gasteiger partial charge on any atom is 0.277 e. The SMILES string of the molecule is CCCc1nc(CSc2nnc(C3COc4ccccc4O3)o2)cs1. The van der Waals surface area contributed by atoms with Gasteiger partial charge in [0.15, 0.2) is 11.5 Å². The maximum atomic E-state index is 5.88. The smallest absolute Gasteiger partial charge is 0.277 e. The van der Waals surface area contributed by atoms with E-state index in [4.69, 9.17) is 13.9 Å². The molecule has 0 amide bonds. The van der Waals surface area contributed by atoms with Crippen molar-refractivity contribution in [1.82, 2.24) is 15.2 Å². The van der Waals surface area contributed by atoms with Gasteiger partial charge in [0.1, 0.15) is 6.61 Å². The summed E-state index contributed by atoms with van der Waals surface area (Å²) in [6.45, 7) is 2.51. The van der Waals surface area contributed by atoms with E-state index in [1.807, 2.05) is 24.3 Å². The van der Waals surface area contributed by atoms with Crippen LogP contribution in [-0.4, -0.2) is 21.8 Å². The number of thioether (sulfide) groups is 1. The molecule has 1 unspecified atom stereocenters. The Labute approximate surface area is 153 Å². The molecule has 0 aliphatic carbocycles. The minimum atomic E-state index is -0.382. The van der Waals surface area contributed by atoms with Crippen molar-refractivity contribution in [2.45, 2.75) is 36.8 Å². The monoisotopic (exact) mass is 375 g/mol. The molecule has 0 spiro atoms. The standard InChI is InChI=1S/C17H17N3O3S2/c1-2-5-15-18-11(9-24-15)10-25-17-20-19-16(23-17)14-8-21-12-6-3-4-7-13(12)22-14/h3-4,6-7,9,14H,2,5,8,10H2,1H3. The van der Waals surface area contributed by atoms with Gasteiger partial charge in [-0.2, -0.15) is 0 Å². The first kappa shape index (κ1) is 16.4. The van der Waals surface area contributed by atoms with E-state index in [-0.39, 0.29) is 6.10 Å². The van der Waals surface area contributed by atoms with Crippen LogP contribution in [0, 0.1) is 0 Å². The maximum absolute atomic E-state index is 5.88. The van der Waals surface area contributed by atoms with Crippen LogP contribution in [0.3, 0.4) is 0 Å². The topological polar surface area (TPSA) is 70.3 Å². The zero-order chi connectivity index (χ0) is 17.1. The van der Waals surface area contributed by atoms with Crippen LogP contribution in [-0.2, 0) is 12.2 Å². The second-order valence-corrected chi connectivity index (χ2v) is 7.41. The Morgan fingerprint density at radius 2 is 2.12 bits per heavy atom. The van der Waals surface area contributed by atoms with Gasteiger partial charge < -0.3 is 13.9 Å². The van der Waals surface area contributed by atoms with Crippen LogP contribution >= 0.6 is 23.1 Å². The normalized spacial score (nSPS) is 16.1. The van der Waals surface area contributed by atoms with Crippen molar-refractivity contribution in [3.05, 3.63) is 46.2 Å². The van der Waals surface area contributed by atoms with E-state index in [9.17, 15) is 0 Å². The lowest BCUT2D eigenvalue weighted by Gasteiger charge is -2.23. The molecule has 6 nitrogen and oxygen atoms in total. The lowest BCUT2D eigenvalue weighted by Crippen LogP contribution is -2.21. The Bertz CT molecular complexity index is 849. The van der Waals surface area contributed by atoms with Gasteiger partial charge in [0.25, 0.3) is 11.1 Å². The van der Waals surface area contributed by atoms with Gasteiger partial charge in [0.2, 0.25) is 6.10 Å². The number of hydrogen-bond acceptors (Lipinski definition) is 8. The van der Waals surface area contributed by atoms with Crippen LogP contribution in [0.4, 0.5) is 0 Å². The molecule has 0 N–H and O–H groups in total. The Morgan fingerprint density at radius 3 is 3.00 bits per heavy atom. The molecule has 2 aromatic heterocycles. The van der Waals surface area contributed by atoms with E-state index in [0.717, 1.165) is 24.3 Å². The van der Waals surface area contributed by atoms with Crippen molar-refractivity contribution in [3.63, 3.8) is 0 Å². The number of benzene rings is 1. The summed E-state index contributed by atoms with van der Waals surface area (Å²) in [5.74, 6) is 2.57. The van der Waals surface area contributed by atoms with Gasteiger partial charge >= 0.3 is 0 Å². The Balaban J connectivity index is 1.37. The number of ether oxygens (including phenoxy) is 2.